The van der Waals surface area contributed by atoms with Crippen molar-refractivity contribution >= 4 is 5.97 Å². The van der Waals surface area contributed by atoms with Crippen molar-refractivity contribution in [2.45, 2.75) is 6.54 Å². The van der Waals surface area contributed by atoms with Crippen molar-refractivity contribution < 1.29 is 19.4 Å². The number of carbonyl (C=O) groups is 1. The van der Waals surface area contributed by atoms with Gasteiger partial charge in [-0.2, -0.15) is 0 Å². The first-order valence-electron chi connectivity index (χ1n) is 5.91. The third kappa shape index (κ3) is 3.86. The van der Waals surface area contributed by atoms with E-state index in [2.05, 4.69) is 11.2 Å². The molecule has 6 nitrogen and oxygen atoms in total. The van der Waals surface area contributed by atoms with Crippen LogP contribution in [0.1, 0.15) is 16.1 Å². The average Bonchev–Trinajstić information content (AvgIpc) is 2.88. The molecule has 0 spiro atoms. The van der Waals surface area contributed by atoms with Crippen molar-refractivity contribution in [3.05, 3.63) is 41.7 Å². The van der Waals surface area contributed by atoms with Gasteiger partial charge in [-0.15, -0.1) is 6.42 Å². The van der Waals surface area contributed by atoms with Crippen LogP contribution in [0.25, 0.3) is 11.3 Å². The fraction of sp³-hybridized carbons (Fsp3) is 0.133. The van der Waals surface area contributed by atoms with Gasteiger partial charge in [-0.25, -0.2) is 4.79 Å². The van der Waals surface area contributed by atoms with Crippen LogP contribution in [0.2, 0.25) is 0 Å². The van der Waals surface area contributed by atoms with Gasteiger partial charge in [0.1, 0.15) is 22.8 Å². The lowest BCUT2D eigenvalue weighted by atomic mass is 10.1. The molecule has 0 aliphatic rings. The third-order valence-corrected chi connectivity index (χ3v) is 2.70. The smallest absolute Gasteiger partial charge is 0.339 e. The number of nitrogens with one attached hydrogen (secondary N) is 1. The quantitative estimate of drug-likeness (QED) is 0.495. The van der Waals surface area contributed by atoms with E-state index in [-0.39, 0.29) is 17.5 Å². The number of aromatic carboxylic acids is 1. The Hall–Kier alpha value is -2.75. The van der Waals surface area contributed by atoms with E-state index in [1.807, 2.05) is 0 Å². The molecule has 1 heterocycles. The van der Waals surface area contributed by atoms with Gasteiger partial charge in [-0.05, 0) is 30.3 Å². The van der Waals surface area contributed by atoms with Gasteiger partial charge in [0.25, 0.3) is 0 Å². The molecule has 0 radical (unpaired) electrons. The highest BCUT2D eigenvalue weighted by Crippen LogP contribution is 2.27. The fourth-order valence-corrected chi connectivity index (χ4v) is 1.75. The van der Waals surface area contributed by atoms with Gasteiger partial charge in [0.2, 0.25) is 0 Å². The Morgan fingerprint density at radius 1 is 1.33 bits per heavy atom. The minimum Gasteiger partial charge on any atom is -0.507 e. The first-order chi connectivity index (χ1) is 9.61. The second-order valence-electron chi connectivity index (χ2n) is 4.11. The normalized spacial score (nSPS) is 9.67. The Labute approximate surface area is 122 Å². The van der Waals surface area contributed by atoms with Gasteiger partial charge in [0.05, 0.1) is 13.1 Å². The second kappa shape index (κ2) is 7.14. The zero-order valence-corrected chi connectivity index (χ0v) is 11.3. The van der Waals surface area contributed by atoms with Crippen LogP contribution in [0.3, 0.4) is 0 Å². The number of furan rings is 1. The maximum Gasteiger partial charge on any atom is 0.339 e. The first kappa shape index (κ1) is 16.3. The lowest BCUT2D eigenvalue weighted by Gasteiger charge is -2.02. The maximum absolute atomic E-state index is 11.0. The van der Waals surface area contributed by atoms with E-state index in [1.54, 1.807) is 18.2 Å². The molecule has 2 rings (SSSR count). The largest absolute Gasteiger partial charge is 0.507 e. The fourth-order valence-electron chi connectivity index (χ4n) is 1.75. The number of benzene rings is 1. The van der Waals surface area contributed by atoms with Crippen LogP contribution in [-0.4, -0.2) is 22.7 Å². The van der Waals surface area contributed by atoms with E-state index in [9.17, 15) is 9.90 Å². The van der Waals surface area contributed by atoms with Crippen molar-refractivity contribution in [3.8, 4) is 29.4 Å². The molecule has 0 unspecified atom stereocenters. The second-order valence-corrected chi connectivity index (χ2v) is 4.11. The van der Waals surface area contributed by atoms with Crippen molar-refractivity contribution in [1.29, 1.82) is 0 Å². The minimum absolute atomic E-state index is 0. The van der Waals surface area contributed by atoms with E-state index in [0.29, 0.717) is 30.2 Å². The van der Waals surface area contributed by atoms with Crippen LogP contribution in [0, 0.1) is 12.3 Å². The molecule has 6 N–H and O–H groups in total. The maximum atomic E-state index is 11.0. The van der Waals surface area contributed by atoms with Crippen LogP contribution in [-0.2, 0) is 6.54 Å². The summed E-state index contributed by atoms with van der Waals surface area (Å²) in [6.45, 7) is 0.937. The predicted octanol–water partition coefficient (Wildman–Crippen LogP) is 2.24. The summed E-state index contributed by atoms with van der Waals surface area (Å²) < 4.78 is 5.59. The summed E-state index contributed by atoms with van der Waals surface area (Å²) in [6.07, 6.45) is 5.13. The van der Waals surface area contributed by atoms with Crippen LogP contribution < -0.4 is 11.5 Å². The molecule has 21 heavy (non-hydrogen) atoms. The number of rotatable bonds is 5. The SMILES string of the molecule is C#CCNCc1ccc(-c2ccc(O)c(C(=O)O)c2)o1.N. The number of phenols is 1. The summed E-state index contributed by atoms with van der Waals surface area (Å²) >= 11 is 0. The summed E-state index contributed by atoms with van der Waals surface area (Å²) in [7, 11) is 0. The van der Waals surface area contributed by atoms with Gasteiger partial charge >= 0.3 is 5.97 Å². The first-order valence-corrected chi connectivity index (χ1v) is 5.91. The van der Waals surface area contributed by atoms with E-state index >= 15 is 0 Å². The minimum atomic E-state index is -1.19. The number of carboxylic acids is 1. The van der Waals surface area contributed by atoms with Crippen LogP contribution in [0.5, 0.6) is 5.75 Å². The molecular weight excluding hydrogens is 272 g/mol. The Morgan fingerprint density at radius 3 is 2.76 bits per heavy atom. The monoisotopic (exact) mass is 288 g/mol. The molecule has 0 atom stereocenters. The third-order valence-electron chi connectivity index (χ3n) is 2.70. The lowest BCUT2D eigenvalue weighted by molar-refractivity contribution is 0.0694. The number of hydrogen-bond acceptors (Lipinski definition) is 5. The van der Waals surface area contributed by atoms with Gasteiger partial charge in [0, 0.05) is 5.56 Å². The summed E-state index contributed by atoms with van der Waals surface area (Å²) in [5.41, 5.74) is 0.425. The Balaban J connectivity index is 0.00000220. The van der Waals surface area contributed by atoms with Crippen LogP contribution in [0.4, 0.5) is 0 Å². The molecule has 1 aromatic carbocycles. The van der Waals surface area contributed by atoms with Crippen molar-refractivity contribution in [2.75, 3.05) is 6.54 Å². The van der Waals surface area contributed by atoms with Crippen LogP contribution >= 0.6 is 0 Å². The number of terminal acetylenes is 1. The summed E-state index contributed by atoms with van der Waals surface area (Å²) in [4.78, 5) is 11.0. The lowest BCUT2D eigenvalue weighted by Crippen LogP contribution is -2.12. The van der Waals surface area contributed by atoms with E-state index < -0.39 is 5.97 Å². The number of aromatic hydroxyl groups is 1. The van der Waals surface area contributed by atoms with Gasteiger partial charge < -0.3 is 20.8 Å². The van der Waals surface area contributed by atoms with Crippen molar-refractivity contribution in [3.63, 3.8) is 0 Å². The Bertz CT molecular complexity index is 671. The molecule has 1 aromatic heterocycles. The molecule has 110 valence electrons. The number of hydrogen-bond donors (Lipinski definition) is 4. The van der Waals surface area contributed by atoms with Gasteiger partial charge in [-0.3, -0.25) is 5.32 Å². The molecule has 6 heteroatoms. The Morgan fingerprint density at radius 2 is 2.10 bits per heavy atom. The predicted molar refractivity (Wildman–Crippen MR) is 78.3 cm³/mol. The molecule has 0 saturated heterocycles. The molecule has 2 aromatic rings. The Kier molecular flexibility index (Phi) is 5.55. The van der Waals surface area contributed by atoms with Crippen molar-refractivity contribution in [1.82, 2.24) is 11.5 Å². The highest BCUT2D eigenvalue weighted by molar-refractivity contribution is 5.92. The number of carboxylic acid groups (broad SMARTS) is 1. The summed E-state index contributed by atoms with van der Waals surface area (Å²) in [5.74, 6) is 2.22. The van der Waals surface area contributed by atoms with Crippen molar-refractivity contribution in [2.24, 2.45) is 0 Å². The highest BCUT2D eigenvalue weighted by atomic mass is 16.4. The highest BCUT2D eigenvalue weighted by Gasteiger charge is 2.12. The summed E-state index contributed by atoms with van der Waals surface area (Å²) in [5, 5.41) is 21.4. The zero-order chi connectivity index (χ0) is 14.5. The van der Waals surface area contributed by atoms with E-state index in [1.165, 1.54) is 12.1 Å². The standard InChI is InChI=1S/C15H13NO4.H3N/c1-2-7-16-9-11-4-6-14(20-11)10-3-5-13(17)12(8-10)15(18)19;/h1,3-6,8,16-17H,7,9H2,(H,18,19);1H3. The van der Waals surface area contributed by atoms with E-state index in [4.69, 9.17) is 15.9 Å². The summed E-state index contributed by atoms with van der Waals surface area (Å²) in [6, 6.07) is 7.82. The van der Waals surface area contributed by atoms with Gasteiger partial charge in [-0.1, -0.05) is 5.92 Å². The van der Waals surface area contributed by atoms with Gasteiger partial charge in [0.15, 0.2) is 0 Å². The molecular formula is C15H16N2O4. The van der Waals surface area contributed by atoms with E-state index in [0.717, 1.165) is 0 Å². The van der Waals surface area contributed by atoms with Crippen LogP contribution in [0.15, 0.2) is 34.7 Å². The molecule has 0 fully saturated rings. The molecule has 0 saturated carbocycles. The zero-order valence-electron chi connectivity index (χ0n) is 11.3. The molecule has 0 aliphatic heterocycles. The molecule has 0 aliphatic carbocycles. The topological polar surface area (TPSA) is 118 Å². The molecule has 0 bridgehead atoms. The average molecular weight is 288 g/mol. The molecule has 0 amide bonds.